The van der Waals surface area contributed by atoms with Gasteiger partial charge in [-0.1, -0.05) is 0 Å². The summed E-state index contributed by atoms with van der Waals surface area (Å²) in [6, 6.07) is 1.97. The molecule has 0 spiro atoms. The molecule has 4 nitrogen and oxygen atoms in total. The van der Waals surface area contributed by atoms with E-state index < -0.39 is 0 Å². The number of aliphatic hydroxyl groups excluding tert-OH is 1. The Kier molecular flexibility index (Phi) is 1.71. The van der Waals surface area contributed by atoms with E-state index in [4.69, 9.17) is 10.4 Å². The maximum atomic E-state index is 9.01. The van der Waals surface area contributed by atoms with E-state index in [0.717, 1.165) is 5.13 Å². The molecule has 0 aliphatic carbocycles. The minimum Gasteiger partial charge on any atom is -0.389 e. The largest absolute Gasteiger partial charge is 0.389 e. The van der Waals surface area contributed by atoms with Crippen LogP contribution in [0.15, 0.2) is 5.38 Å². The molecule has 1 aromatic heterocycles. The number of aromatic nitrogens is 1. The van der Waals surface area contributed by atoms with Crippen molar-refractivity contribution < 1.29 is 5.11 Å². The molecule has 0 radical (unpaired) electrons. The Morgan fingerprint density at radius 1 is 1.75 bits per heavy atom. The third-order valence-electron chi connectivity index (χ3n) is 1.74. The molecular formula is C7H7N3OS. The molecule has 1 aliphatic rings. The lowest BCUT2D eigenvalue weighted by Crippen LogP contribution is -2.50. The maximum absolute atomic E-state index is 9.01. The van der Waals surface area contributed by atoms with Gasteiger partial charge in [-0.15, -0.1) is 11.3 Å². The van der Waals surface area contributed by atoms with E-state index in [1.54, 1.807) is 5.38 Å². The standard InChI is InChI=1S/C7H7N3OS/c8-1-5-4-12-7(9-5)10-2-6(11)3-10/h4,6,11H,2-3H2. The summed E-state index contributed by atoms with van der Waals surface area (Å²) in [6.45, 7) is 1.27. The predicted octanol–water partition coefficient (Wildman–Crippen LogP) is 0.196. The molecule has 1 aliphatic heterocycles. The fourth-order valence-corrected chi connectivity index (χ4v) is 1.84. The van der Waals surface area contributed by atoms with Crippen LogP contribution in [0.3, 0.4) is 0 Å². The average Bonchev–Trinajstić information content (AvgIpc) is 2.46. The monoisotopic (exact) mass is 181 g/mol. The highest BCUT2D eigenvalue weighted by molar-refractivity contribution is 7.13. The van der Waals surface area contributed by atoms with Crippen LogP contribution in [0.2, 0.25) is 0 Å². The first-order chi connectivity index (χ1) is 5.79. The topological polar surface area (TPSA) is 60.2 Å². The highest BCUT2D eigenvalue weighted by atomic mass is 32.1. The molecule has 0 atom stereocenters. The zero-order valence-electron chi connectivity index (χ0n) is 6.27. The van der Waals surface area contributed by atoms with Crippen LogP contribution >= 0.6 is 11.3 Å². The summed E-state index contributed by atoms with van der Waals surface area (Å²) in [5.74, 6) is 0. The molecule has 0 bridgehead atoms. The molecule has 62 valence electrons. The van der Waals surface area contributed by atoms with Gasteiger partial charge in [-0.25, -0.2) is 4.98 Å². The molecule has 12 heavy (non-hydrogen) atoms. The Balaban J connectivity index is 2.10. The van der Waals surface area contributed by atoms with Gasteiger partial charge in [0.15, 0.2) is 10.8 Å². The predicted molar refractivity (Wildman–Crippen MR) is 45.0 cm³/mol. The number of rotatable bonds is 1. The van der Waals surface area contributed by atoms with Crippen molar-refractivity contribution in [3.63, 3.8) is 0 Å². The smallest absolute Gasteiger partial charge is 0.186 e. The number of β-amino-alcohol motifs (C(OH)–C–C–N with tert-alkyl or cyclic N) is 1. The molecule has 1 fully saturated rings. The molecule has 0 aromatic carbocycles. The second-order valence-electron chi connectivity index (χ2n) is 2.69. The van der Waals surface area contributed by atoms with E-state index in [1.807, 2.05) is 11.0 Å². The quantitative estimate of drug-likeness (QED) is 0.672. The van der Waals surface area contributed by atoms with E-state index in [2.05, 4.69) is 4.98 Å². The average molecular weight is 181 g/mol. The number of hydrogen-bond donors (Lipinski definition) is 1. The lowest BCUT2D eigenvalue weighted by molar-refractivity contribution is 0.142. The molecule has 1 saturated heterocycles. The van der Waals surface area contributed by atoms with Gasteiger partial charge in [-0.3, -0.25) is 0 Å². The van der Waals surface area contributed by atoms with E-state index in [-0.39, 0.29) is 6.10 Å². The Morgan fingerprint density at radius 3 is 3.00 bits per heavy atom. The van der Waals surface area contributed by atoms with Crippen molar-refractivity contribution in [2.45, 2.75) is 6.10 Å². The van der Waals surface area contributed by atoms with Crippen LogP contribution in [0.25, 0.3) is 0 Å². The third-order valence-corrected chi connectivity index (χ3v) is 2.64. The van der Waals surface area contributed by atoms with Crippen LogP contribution in [0, 0.1) is 11.3 Å². The normalized spacial score (nSPS) is 17.2. The van der Waals surface area contributed by atoms with Crippen molar-refractivity contribution in [1.82, 2.24) is 4.98 Å². The molecule has 5 heteroatoms. The Hall–Kier alpha value is -1.12. The van der Waals surface area contributed by atoms with Crippen molar-refractivity contribution in [3.8, 4) is 6.07 Å². The van der Waals surface area contributed by atoms with Gasteiger partial charge < -0.3 is 10.0 Å². The number of hydrogen-bond acceptors (Lipinski definition) is 5. The van der Waals surface area contributed by atoms with Crippen LogP contribution < -0.4 is 4.90 Å². The molecular weight excluding hydrogens is 174 g/mol. The van der Waals surface area contributed by atoms with Gasteiger partial charge in [-0.2, -0.15) is 5.26 Å². The van der Waals surface area contributed by atoms with Gasteiger partial charge in [0.25, 0.3) is 0 Å². The van der Waals surface area contributed by atoms with Gasteiger partial charge >= 0.3 is 0 Å². The second kappa shape index (κ2) is 2.73. The van der Waals surface area contributed by atoms with Gasteiger partial charge in [0.1, 0.15) is 6.07 Å². The van der Waals surface area contributed by atoms with Crippen LogP contribution in [-0.4, -0.2) is 29.3 Å². The highest BCUT2D eigenvalue weighted by Gasteiger charge is 2.26. The molecule has 1 N–H and O–H groups in total. The van der Waals surface area contributed by atoms with Crippen molar-refractivity contribution in [3.05, 3.63) is 11.1 Å². The molecule has 0 amide bonds. The van der Waals surface area contributed by atoms with Gasteiger partial charge in [-0.05, 0) is 0 Å². The molecule has 2 rings (SSSR count). The summed E-state index contributed by atoms with van der Waals surface area (Å²) in [5, 5.41) is 20.1. The Labute approximate surface area is 73.7 Å². The molecule has 1 aromatic rings. The van der Waals surface area contributed by atoms with Crippen LogP contribution in [0.1, 0.15) is 5.69 Å². The fraction of sp³-hybridized carbons (Fsp3) is 0.429. The Bertz CT molecular complexity index is 324. The van der Waals surface area contributed by atoms with Crippen LogP contribution in [-0.2, 0) is 0 Å². The molecule has 2 heterocycles. The molecule has 0 saturated carbocycles. The van der Waals surface area contributed by atoms with Crippen molar-refractivity contribution in [2.75, 3.05) is 18.0 Å². The van der Waals surface area contributed by atoms with E-state index >= 15 is 0 Å². The van der Waals surface area contributed by atoms with Crippen LogP contribution in [0.5, 0.6) is 0 Å². The van der Waals surface area contributed by atoms with Crippen molar-refractivity contribution in [1.29, 1.82) is 5.26 Å². The van der Waals surface area contributed by atoms with E-state index in [9.17, 15) is 0 Å². The van der Waals surface area contributed by atoms with Crippen molar-refractivity contribution >= 4 is 16.5 Å². The lowest BCUT2D eigenvalue weighted by atomic mass is 10.2. The second-order valence-corrected chi connectivity index (χ2v) is 3.52. The van der Waals surface area contributed by atoms with E-state index in [1.165, 1.54) is 11.3 Å². The van der Waals surface area contributed by atoms with Gasteiger partial charge in [0.2, 0.25) is 0 Å². The summed E-state index contributed by atoms with van der Waals surface area (Å²) >= 11 is 1.44. The maximum Gasteiger partial charge on any atom is 0.186 e. The fourth-order valence-electron chi connectivity index (χ4n) is 1.07. The zero-order chi connectivity index (χ0) is 8.55. The number of nitriles is 1. The van der Waals surface area contributed by atoms with Gasteiger partial charge in [0, 0.05) is 18.5 Å². The van der Waals surface area contributed by atoms with E-state index in [0.29, 0.717) is 18.8 Å². The summed E-state index contributed by atoms with van der Waals surface area (Å²) in [4.78, 5) is 6.01. The van der Waals surface area contributed by atoms with Crippen LogP contribution in [0.4, 0.5) is 5.13 Å². The summed E-state index contributed by atoms with van der Waals surface area (Å²) in [7, 11) is 0. The van der Waals surface area contributed by atoms with Crippen molar-refractivity contribution in [2.24, 2.45) is 0 Å². The molecule has 0 unspecified atom stereocenters. The summed E-state index contributed by atoms with van der Waals surface area (Å²) in [6.07, 6.45) is -0.223. The number of thiazole rings is 1. The summed E-state index contributed by atoms with van der Waals surface area (Å²) < 4.78 is 0. The number of nitrogens with zero attached hydrogens (tertiary/aromatic N) is 3. The number of aliphatic hydroxyl groups is 1. The first kappa shape index (κ1) is 7.53. The Morgan fingerprint density at radius 2 is 2.50 bits per heavy atom. The van der Waals surface area contributed by atoms with Gasteiger partial charge in [0.05, 0.1) is 6.10 Å². The number of anilines is 1. The highest BCUT2D eigenvalue weighted by Crippen LogP contribution is 2.24. The first-order valence-corrected chi connectivity index (χ1v) is 4.46. The SMILES string of the molecule is N#Cc1csc(N2CC(O)C2)n1. The third kappa shape index (κ3) is 1.15. The first-order valence-electron chi connectivity index (χ1n) is 3.58. The minimum absolute atomic E-state index is 0.223. The minimum atomic E-state index is -0.223. The summed E-state index contributed by atoms with van der Waals surface area (Å²) in [5.41, 5.74) is 0.455. The lowest BCUT2D eigenvalue weighted by Gasteiger charge is -2.35. The zero-order valence-corrected chi connectivity index (χ0v) is 7.08.